The Hall–Kier alpha value is -2.74. The van der Waals surface area contributed by atoms with Gasteiger partial charge in [-0.05, 0) is 60.4 Å². The van der Waals surface area contributed by atoms with Gasteiger partial charge in [-0.1, -0.05) is 62.9 Å². The molecule has 132 valence electrons. The molecule has 0 saturated heterocycles. The maximum absolute atomic E-state index is 9.30. The van der Waals surface area contributed by atoms with E-state index in [1.54, 1.807) is 24.3 Å². The predicted molar refractivity (Wildman–Crippen MR) is 108 cm³/mol. The molecule has 0 radical (unpaired) electrons. The smallest absolute Gasteiger partial charge is 0.120 e. The highest BCUT2D eigenvalue weighted by atomic mass is 16.5. The molecule has 0 aliphatic carbocycles. The number of rotatable bonds is 6. The van der Waals surface area contributed by atoms with Crippen molar-refractivity contribution in [3.63, 3.8) is 0 Å². The van der Waals surface area contributed by atoms with Gasteiger partial charge in [0.2, 0.25) is 0 Å². The first kappa shape index (κ1) is 20.3. The summed E-state index contributed by atoms with van der Waals surface area (Å²) in [5.74, 6) is 0.973. The van der Waals surface area contributed by atoms with E-state index < -0.39 is 0 Å². The quantitative estimate of drug-likeness (QED) is 0.614. The van der Waals surface area contributed by atoms with Crippen LogP contribution < -0.4 is 4.74 Å². The van der Waals surface area contributed by atoms with Gasteiger partial charge in [-0.25, -0.2) is 0 Å². The van der Waals surface area contributed by atoms with E-state index >= 15 is 0 Å². The van der Waals surface area contributed by atoms with Gasteiger partial charge in [-0.2, -0.15) is 0 Å². The summed E-state index contributed by atoms with van der Waals surface area (Å²) in [6.45, 7) is 12.5. The van der Waals surface area contributed by atoms with Crippen LogP contribution in [0.5, 0.6) is 11.5 Å². The Bertz CT molecular complexity index is 722. The van der Waals surface area contributed by atoms with Crippen molar-refractivity contribution in [1.29, 1.82) is 0 Å². The van der Waals surface area contributed by atoms with Gasteiger partial charge in [0.05, 0.1) is 0 Å². The second-order valence-electron chi connectivity index (χ2n) is 5.22. The molecule has 25 heavy (non-hydrogen) atoms. The number of aromatic hydroxyl groups is 1. The fourth-order valence-corrected chi connectivity index (χ4v) is 2.32. The van der Waals surface area contributed by atoms with Crippen LogP contribution in [-0.2, 0) is 6.61 Å². The van der Waals surface area contributed by atoms with Crippen molar-refractivity contribution in [2.24, 2.45) is 0 Å². The molecular weight excluding hydrogens is 308 g/mol. The van der Waals surface area contributed by atoms with Crippen LogP contribution in [0, 0.1) is 6.92 Å². The van der Waals surface area contributed by atoms with Gasteiger partial charge in [-0.3, -0.25) is 0 Å². The van der Waals surface area contributed by atoms with Crippen molar-refractivity contribution >= 4 is 5.57 Å². The van der Waals surface area contributed by atoms with E-state index in [0.29, 0.717) is 6.61 Å². The number of hydrogen-bond acceptors (Lipinski definition) is 2. The topological polar surface area (TPSA) is 29.5 Å². The molecule has 0 heterocycles. The molecule has 0 amide bonds. The fourth-order valence-electron chi connectivity index (χ4n) is 2.32. The average molecular weight is 336 g/mol. The van der Waals surface area contributed by atoms with Crippen LogP contribution in [-0.4, -0.2) is 5.11 Å². The highest BCUT2D eigenvalue weighted by Crippen LogP contribution is 2.24. The minimum atomic E-state index is 0.236. The molecule has 0 aliphatic heterocycles. The van der Waals surface area contributed by atoms with Gasteiger partial charge in [-0.15, -0.1) is 0 Å². The largest absolute Gasteiger partial charge is 0.508 e. The Morgan fingerprint density at radius 1 is 1.12 bits per heavy atom. The molecule has 0 atom stereocenters. The van der Waals surface area contributed by atoms with Crippen molar-refractivity contribution in [3.05, 3.63) is 90.0 Å². The highest BCUT2D eigenvalue weighted by molar-refractivity contribution is 5.77. The van der Waals surface area contributed by atoms with Gasteiger partial charge >= 0.3 is 0 Å². The van der Waals surface area contributed by atoms with E-state index in [0.717, 1.165) is 22.4 Å². The standard InChI is InChI=1S/C21H22O2.C2H6/c1-4-6-8-17(5-2)21-10-7-9-18(16(21)3)15-23-20-13-11-19(22)12-14-20;1-2/h4-14,22H,2,15H2,1,3H3;1-2H3/b6-4-,17-8+;. The maximum Gasteiger partial charge on any atom is 0.120 e. The average Bonchev–Trinajstić information content (AvgIpc) is 2.65. The van der Waals surface area contributed by atoms with Crippen molar-refractivity contribution in [2.45, 2.75) is 34.3 Å². The van der Waals surface area contributed by atoms with Crippen LogP contribution in [0.1, 0.15) is 37.5 Å². The molecule has 0 unspecified atom stereocenters. The Labute approximate surface area is 151 Å². The number of hydrogen-bond donors (Lipinski definition) is 1. The third-order valence-electron chi connectivity index (χ3n) is 3.68. The second-order valence-corrected chi connectivity index (χ2v) is 5.22. The first-order valence-electron chi connectivity index (χ1n) is 8.61. The molecule has 0 aromatic heterocycles. The zero-order chi connectivity index (χ0) is 18.7. The third kappa shape index (κ3) is 6.00. The molecule has 2 aromatic rings. The lowest BCUT2D eigenvalue weighted by Gasteiger charge is -2.13. The molecule has 1 N–H and O–H groups in total. The molecule has 0 bridgehead atoms. The van der Waals surface area contributed by atoms with Crippen molar-refractivity contribution in [2.75, 3.05) is 0 Å². The summed E-state index contributed by atoms with van der Waals surface area (Å²) in [6, 6.07) is 12.9. The van der Waals surface area contributed by atoms with E-state index in [-0.39, 0.29) is 5.75 Å². The number of benzene rings is 2. The van der Waals surface area contributed by atoms with E-state index in [9.17, 15) is 5.11 Å². The van der Waals surface area contributed by atoms with E-state index in [1.165, 1.54) is 5.56 Å². The van der Waals surface area contributed by atoms with Crippen molar-refractivity contribution in [3.8, 4) is 11.5 Å². The Morgan fingerprint density at radius 2 is 1.80 bits per heavy atom. The van der Waals surface area contributed by atoms with Crippen LogP contribution in [0.15, 0.2) is 73.3 Å². The molecule has 2 heteroatoms. The van der Waals surface area contributed by atoms with Crippen molar-refractivity contribution in [1.82, 2.24) is 0 Å². The minimum Gasteiger partial charge on any atom is -0.508 e. The molecule has 2 aromatic carbocycles. The molecule has 0 saturated carbocycles. The van der Waals surface area contributed by atoms with Crippen LogP contribution in [0.25, 0.3) is 5.57 Å². The van der Waals surface area contributed by atoms with Gasteiger partial charge in [0.15, 0.2) is 0 Å². The zero-order valence-corrected chi connectivity index (χ0v) is 15.6. The molecular formula is C23H28O2. The van der Waals surface area contributed by atoms with E-state index in [4.69, 9.17) is 4.74 Å². The predicted octanol–water partition coefficient (Wildman–Crippen LogP) is 6.45. The van der Waals surface area contributed by atoms with E-state index in [1.807, 2.05) is 45.1 Å². The number of phenols is 1. The maximum atomic E-state index is 9.30. The van der Waals surface area contributed by atoms with Gasteiger partial charge in [0.1, 0.15) is 18.1 Å². The second kappa shape index (κ2) is 10.9. The first-order chi connectivity index (χ1) is 12.2. The molecule has 2 rings (SSSR count). The van der Waals surface area contributed by atoms with Crippen LogP contribution in [0.3, 0.4) is 0 Å². The monoisotopic (exact) mass is 336 g/mol. The lowest BCUT2D eigenvalue weighted by atomic mass is 9.96. The summed E-state index contributed by atoms with van der Waals surface area (Å²) in [6.07, 6.45) is 7.93. The summed E-state index contributed by atoms with van der Waals surface area (Å²) < 4.78 is 5.81. The summed E-state index contributed by atoms with van der Waals surface area (Å²) in [5, 5.41) is 9.30. The SMILES string of the molecule is C=C/C(=C\C=C/C)c1cccc(COc2ccc(O)cc2)c1C.CC. The van der Waals surface area contributed by atoms with Gasteiger partial charge in [0, 0.05) is 0 Å². The first-order valence-corrected chi connectivity index (χ1v) is 8.61. The van der Waals surface area contributed by atoms with Crippen LogP contribution in [0.4, 0.5) is 0 Å². The molecule has 0 fully saturated rings. The number of allylic oxidation sites excluding steroid dienone is 5. The molecule has 0 spiro atoms. The lowest BCUT2D eigenvalue weighted by molar-refractivity contribution is 0.305. The fraction of sp³-hybridized carbons (Fsp3) is 0.217. The van der Waals surface area contributed by atoms with Crippen LogP contribution in [0.2, 0.25) is 0 Å². The van der Waals surface area contributed by atoms with Gasteiger partial charge in [0.25, 0.3) is 0 Å². The summed E-state index contributed by atoms with van der Waals surface area (Å²) in [7, 11) is 0. The van der Waals surface area contributed by atoms with E-state index in [2.05, 4.69) is 31.7 Å². The normalized spacial score (nSPS) is 11.0. The summed E-state index contributed by atoms with van der Waals surface area (Å²) >= 11 is 0. The van der Waals surface area contributed by atoms with Crippen LogP contribution >= 0.6 is 0 Å². The summed E-state index contributed by atoms with van der Waals surface area (Å²) in [5.41, 5.74) is 4.56. The Morgan fingerprint density at radius 3 is 2.40 bits per heavy atom. The minimum absolute atomic E-state index is 0.236. The van der Waals surface area contributed by atoms with Gasteiger partial charge < -0.3 is 9.84 Å². The Balaban J connectivity index is 0.00000151. The highest BCUT2D eigenvalue weighted by Gasteiger charge is 2.07. The number of ether oxygens (including phenoxy) is 1. The summed E-state index contributed by atoms with van der Waals surface area (Å²) in [4.78, 5) is 0. The lowest BCUT2D eigenvalue weighted by Crippen LogP contribution is -2.00. The third-order valence-corrected chi connectivity index (χ3v) is 3.68. The van der Waals surface area contributed by atoms with Crippen molar-refractivity contribution < 1.29 is 9.84 Å². The Kier molecular flexibility index (Phi) is 8.87. The number of phenolic OH excluding ortho intramolecular Hbond substituents is 1. The molecule has 0 aliphatic rings. The zero-order valence-electron chi connectivity index (χ0n) is 15.6. The molecule has 2 nitrogen and oxygen atoms in total.